The van der Waals surface area contributed by atoms with Gasteiger partial charge in [-0.15, -0.1) is 0 Å². The van der Waals surface area contributed by atoms with Crippen LogP contribution >= 0.6 is 0 Å². The van der Waals surface area contributed by atoms with Crippen molar-refractivity contribution in [1.82, 2.24) is 5.32 Å². The maximum absolute atomic E-state index is 10.7. The minimum Gasteiger partial charge on any atom is -0.497 e. The lowest BCUT2D eigenvalue weighted by Gasteiger charge is -2.36. The lowest BCUT2D eigenvalue weighted by molar-refractivity contribution is -0.00778. The average Bonchev–Trinajstić information content (AvgIpc) is 2.40. The third-order valence-electron chi connectivity index (χ3n) is 3.83. The second kappa shape index (κ2) is 5.07. The van der Waals surface area contributed by atoms with Crippen molar-refractivity contribution in [2.24, 2.45) is 0 Å². The summed E-state index contributed by atoms with van der Waals surface area (Å²) in [6.45, 7) is 0. The first-order valence-electron chi connectivity index (χ1n) is 6.22. The molecule has 0 aromatic heterocycles. The molecule has 94 valence electrons. The molecule has 1 aromatic carbocycles. The van der Waals surface area contributed by atoms with E-state index in [0.29, 0.717) is 6.04 Å². The predicted molar refractivity (Wildman–Crippen MR) is 68.2 cm³/mol. The van der Waals surface area contributed by atoms with Gasteiger partial charge in [0.05, 0.1) is 12.7 Å². The molecular weight excluding hydrogens is 214 g/mol. The molecule has 0 unspecified atom stereocenters. The van der Waals surface area contributed by atoms with Crippen molar-refractivity contribution in [3.8, 4) is 5.75 Å². The number of aliphatic hydroxyl groups is 1. The summed E-state index contributed by atoms with van der Waals surface area (Å²) >= 11 is 0. The smallest absolute Gasteiger partial charge is 0.119 e. The topological polar surface area (TPSA) is 41.5 Å². The standard InChI is InChI=1S/C14H21NO2/c1-15-12-6-8-14(16,9-7-12)11-4-3-5-13(10-11)17-2/h3-5,10,12,15-16H,6-9H2,1-2H3. The summed E-state index contributed by atoms with van der Waals surface area (Å²) in [6.07, 6.45) is 3.66. The summed E-state index contributed by atoms with van der Waals surface area (Å²) in [5.41, 5.74) is 0.299. The third kappa shape index (κ3) is 2.61. The van der Waals surface area contributed by atoms with Gasteiger partial charge in [-0.3, -0.25) is 0 Å². The summed E-state index contributed by atoms with van der Waals surface area (Å²) in [7, 11) is 3.64. The molecule has 1 aliphatic rings. The van der Waals surface area contributed by atoms with E-state index in [-0.39, 0.29) is 0 Å². The molecule has 0 amide bonds. The van der Waals surface area contributed by atoms with Gasteiger partial charge in [-0.1, -0.05) is 12.1 Å². The minimum atomic E-state index is -0.679. The first-order valence-corrected chi connectivity index (χ1v) is 6.22. The molecule has 0 spiro atoms. The molecule has 0 bridgehead atoms. The Morgan fingerprint density at radius 2 is 2.06 bits per heavy atom. The largest absolute Gasteiger partial charge is 0.497 e. The Hall–Kier alpha value is -1.06. The maximum atomic E-state index is 10.7. The van der Waals surface area contributed by atoms with Crippen LogP contribution in [0.3, 0.4) is 0 Å². The molecule has 3 nitrogen and oxygen atoms in total. The van der Waals surface area contributed by atoms with Crippen molar-refractivity contribution >= 4 is 0 Å². The van der Waals surface area contributed by atoms with Crippen LogP contribution in [0.15, 0.2) is 24.3 Å². The molecule has 0 saturated heterocycles. The molecule has 1 fully saturated rings. The van der Waals surface area contributed by atoms with Gasteiger partial charge in [0.1, 0.15) is 5.75 Å². The van der Waals surface area contributed by atoms with E-state index in [1.54, 1.807) is 7.11 Å². The highest BCUT2D eigenvalue weighted by Crippen LogP contribution is 2.37. The van der Waals surface area contributed by atoms with Crippen molar-refractivity contribution < 1.29 is 9.84 Å². The van der Waals surface area contributed by atoms with Gasteiger partial charge in [0.2, 0.25) is 0 Å². The number of rotatable bonds is 3. The van der Waals surface area contributed by atoms with Crippen LogP contribution in [-0.2, 0) is 5.60 Å². The Kier molecular flexibility index (Phi) is 3.69. The van der Waals surface area contributed by atoms with E-state index in [9.17, 15) is 5.11 Å². The van der Waals surface area contributed by atoms with Gasteiger partial charge in [0, 0.05) is 6.04 Å². The first-order chi connectivity index (χ1) is 8.18. The van der Waals surface area contributed by atoms with E-state index in [1.165, 1.54) is 0 Å². The fourth-order valence-electron chi connectivity index (χ4n) is 2.59. The molecule has 1 saturated carbocycles. The molecule has 2 N–H and O–H groups in total. The fourth-order valence-corrected chi connectivity index (χ4v) is 2.59. The molecule has 0 heterocycles. The van der Waals surface area contributed by atoms with E-state index >= 15 is 0 Å². The van der Waals surface area contributed by atoms with Gasteiger partial charge < -0.3 is 15.2 Å². The SMILES string of the molecule is CNC1CCC(O)(c2cccc(OC)c2)CC1. The Labute approximate surface area is 103 Å². The normalized spacial score (nSPS) is 29.0. The number of ether oxygens (including phenoxy) is 1. The maximum Gasteiger partial charge on any atom is 0.119 e. The Bertz CT molecular complexity index is 370. The van der Waals surface area contributed by atoms with Gasteiger partial charge in [-0.25, -0.2) is 0 Å². The number of nitrogens with one attached hydrogen (secondary N) is 1. The van der Waals surface area contributed by atoms with Gasteiger partial charge in [0.15, 0.2) is 0 Å². The van der Waals surface area contributed by atoms with Crippen molar-refractivity contribution in [1.29, 1.82) is 0 Å². The van der Waals surface area contributed by atoms with Crippen LogP contribution in [0, 0.1) is 0 Å². The first kappa shape index (κ1) is 12.4. The zero-order chi connectivity index (χ0) is 12.3. The molecular formula is C14H21NO2. The summed E-state index contributed by atoms with van der Waals surface area (Å²) in [4.78, 5) is 0. The highest BCUT2D eigenvalue weighted by atomic mass is 16.5. The fraction of sp³-hybridized carbons (Fsp3) is 0.571. The Morgan fingerprint density at radius 1 is 1.35 bits per heavy atom. The molecule has 17 heavy (non-hydrogen) atoms. The third-order valence-corrected chi connectivity index (χ3v) is 3.83. The van der Waals surface area contributed by atoms with Crippen molar-refractivity contribution in [3.63, 3.8) is 0 Å². The lowest BCUT2D eigenvalue weighted by Crippen LogP contribution is -2.38. The second-order valence-corrected chi connectivity index (χ2v) is 4.83. The summed E-state index contributed by atoms with van der Waals surface area (Å²) < 4.78 is 5.21. The van der Waals surface area contributed by atoms with Crippen LogP contribution in [0.5, 0.6) is 5.75 Å². The Morgan fingerprint density at radius 3 is 2.65 bits per heavy atom. The zero-order valence-electron chi connectivity index (χ0n) is 10.6. The van der Waals surface area contributed by atoms with Crippen molar-refractivity contribution in [2.45, 2.75) is 37.3 Å². The summed E-state index contributed by atoms with van der Waals surface area (Å²) in [5.74, 6) is 0.812. The molecule has 0 atom stereocenters. The number of hydrogen-bond donors (Lipinski definition) is 2. The van der Waals surface area contributed by atoms with Gasteiger partial charge in [-0.2, -0.15) is 0 Å². The number of hydrogen-bond acceptors (Lipinski definition) is 3. The molecule has 0 radical (unpaired) electrons. The van der Waals surface area contributed by atoms with Crippen LogP contribution in [0.1, 0.15) is 31.2 Å². The van der Waals surface area contributed by atoms with Crippen LogP contribution in [-0.4, -0.2) is 25.3 Å². The van der Waals surface area contributed by atoms with Crippen LogP contribution in [0.25, 0.3) is 0 Å². The molecule has 2 rings (SSSR count). The second-order valence-electron chi connectivity index (χ2n) is 4.83. The minimum absolute atomic E-state index is 0.542. The lowest BCUT2D eigenvalue weighted by atomic mass is 9.78. The van der Waals surface area contributed by atoms with E-state index < -0.39 is 5.60 Å². The van der Waals surface area contributed by atoms with Crippen molar-refractivity contribution in [2.75, 3.05) is 14.2 Å². The van der Waals surface area contributed by atoms with Gasteiger partial charge >= 0.3 is 0 Å². The predicted octanol–water partition coefficient (Wildman–Crippen LogP) is 2.04. The van der Waals surface area contributed by atoms with Gasteiger partial charge in [-0.05, 0) is 50.4 Å². The molecule has 1 aliphatic carbocycles. The molecule has 0 aliphatic heterocycles. The summed E-state index contributed by atoms with van der Waals surface area (Å²) in [5, 5.41) is 14.0. The van der Waals surface area contributed by atoms with E-state index in [2.05, 4.69) is 5.32 Å². The van der Waals surface area contributed by atoms with Crippen LogP contribution in [0.4, 0.5) is 0 Å². The zero-order valence-corrected chi connectivity index (χ0v) is 10.6. The number of methoxy groups -OCH3 is 1. The summed E-state index contributed by atoms with van der Waals surface area (Å²) in [6, 6.07) is 8.32. The highest BCUT2D eigenvalue weighted by Gasteiger charge is 2.34. The van der Waals surface area contributed by atoms with E-state index in [1.807, 2.05) is 31.3 Å². The Balaban J connectivity index is 2.15. The highest BCUT2D eigenvalue weighted by molar-refractivity contribution is 5.32. The van der Waals surface area contributed by atoms with Crippen LogP contribution < -0.4 is 10.1 Å². The number of benzene rings is 1. The van der Waals surface area contributed by atoms with Crippen LogP contribution in [0.2, 0.25) is 0 Å². The van der Waals surface area contributed by atoms with E-state index in [0.717, 1.165) is 37.0 Å². The molecule has 3 heteroatoms. The quantitative estimate of drug-likeness (QED) is 0.842. The van der Waals surface area contributed by atoms with Gasteiger partial charge in [0.25, 0.3) is 0 Å². The van der Waals surface area contributed by atoms with Crippen molar-refractivity contribution in [3.05, 3.63) is 29.8 Å². The van der Waals surface area contributed by atoms with E-state index in [4.69, 9.17) is 4.74 Å². The monoisotopic (exact) mass is 235 g/mol. The average molecular weight is 235 g/mol. The molecule has 1 aromatic rings.